The number of ether oxygens (including phenoxy) is 2. The number of methoxy groups -OCH3 is 1. The minimum absolute atomic E-state index is 0.187. The quantitative estimate of drug-likeness (QED) is 0.678. The van der Waals surface area contributed by atoms with Gasteiger partial charge in [0.15, 0.2) is 0 Å². The van der Waals surface area contributed by atoms with E-state index in [1.165, 1.54) is 30.7 Å². The highest BCUT2D eigenvalue weighted by Crippen LogP contribution is 2.21. The van der Waals surface area contributed by atoms with Crippen molar-refractivity contribution in [3.63, 3.8) is 0 Å². The van der Waals surface area contributed by atoms with Gasteiger partial charge in [0.05, 0.1) is 18.6 Å². The summed E-state index contributed by atoms with van der Waals surface area (Å²) in [7, 11) is 1.25. The average molecular weight is 437 g/mol. The molecule has 0 aliphatic carbocycles. The number of benzene rings is 1. The highest BCUT2D eigenvalue weighted by molar-refractivity contribution is 7.99. The van der Waals surface area contributed by atoms with E-state index in [9.17, 15) is 19.2 Å². The first-order valence-corrected chi connectivity index (χ1v) is 10.7. The van der Waals surface area contributed by atoms with Crippen molar-refractivity contribution in [2.24, 2.45) is 0 Å². The van der Waals surface area contributed by atoms with Gasteiger partial charge in [0, 0.05) is 19.1 Å². The van der Waals surface area contributed by atoms with E-state index < -0.39 is 35.5 Å². The fourth-order valence-corrected chi connectivity index (χ4v) is 4.14. The molecule has 0 radical (unpaired) electrons. The van der Waals surface area contributed by atoms with Crippen molar-refractivity contribution in [3.8, 4) is 0 Å². The Labute approximate surface area is 180 Å². The second-order valence-electron chi connectivity index (χ2n) is 7.99. The largest absolute Gasteiger partial charge is 0.467 e. The maximum absolute atomic E-state index is 12.7. The van der Waals surface area contributed by atoms with E-state index in [4.69, 9.17) is 9.47 Å². The lowest BCUT2D eigenvalue weighted by atomic mass is 10.0. The Morgan fingerprint density at radius 3 is 2.37 bits per heavy atom. The number of thioether (sulfide) groups is 1. The number of esters is 2. The number of nitrogens with one attached hydrogen (secondary N) is 1. The van der Waals surface area contributed by atoms with Gasteiger partial charge in [-0.1, -0.05) is 12.1 Å². The van der Waals surface area contributed by atoms with Gasteiger partial charge >= 0.3 is 11.9 Å². The molecule has 30 heavy (non-hydrogen) atoms. The summed E-state index contributed by atoms with van der Waals surface area (Å²) in [6.45, 7) is 6.78. The van der Waals surface area contributed by atoms with Gasteiger partial charge in [-0.25, -0.2) is 9.59 Å². The molecular weight excluding hydrogens is 408 g/mol. The maximum atomic E-state index is 12.7. The molecule has 1 fully saturated rings. The number of carbonyl (C=O) groups is 4. The zero-order valence-electron chi connectivity index (χ0n) is 17.9. The summed E-state index contributed by atoms with van der Waals surface area (Å²) in [5.74, 6) is -0.676. The zero-order chi connectivity index (χ0) is 22.5. The Balaban J connectivity index is 2.08. The SMILES string of the molecule is COC(=O)[C@H](Cc1ccc(C(=O)OC(C)(C)C)cc1)NC(=O)C1CSCN1C(C)=O. The number of nitrogens with zero attached hydrogens (tertiary/aromatic N) is 1. The van der Waals surface area contributed by atoms with Crippen LogP contribution < -0.4 is 5.32 Å². The summed E-state index contributed by atoms with van der Waals surface area (Å²) < 4.78 is 10.2. The van der Waals surface area contributed by atoms with Gasteiger partial charge in [0.2, 0.25) is 11.8 Å². The van der Waals surface area contributed by atoms with E-state index in [0.29, 0.717) is 17.2 Å². The smallest absolute Gasteiger partial charge is 0.338 e. The standard InChI is InChI=1S/C21H28N2O6S/c1-13(24)23-12-30-11-17(23)18(25)22-16(20(27)28-5)10-14-6-8-15(9-7-14)19(26)29-21(2,3)4/h6-9,16-17H,10-12H2,1-5H3,(H,22,25)/t16-,17?/m0/s1. The van der Waals surface area contributed by atoms with Crippen LogP contribution in [0.4, 0.5) is 0 Å². The van der Waals surface area contributed by atoms with Crippen molar-refractivity contribution >= 4 is 35.5 Å². The van der Waals surface area contributed by atoms with Crippen LogP contribution in [0.15, 0.2) is 24.3 Å². The molecule has 0 aromatic heterocycles. The van der Waals surface area contributed by atoms with Crippen LogP contribution in [0.2, 0.25) is 0 Å². The summed E-state index contributed by atoms with van der Waals surface area (Å²) in [5.41, 5.74) is 0.539. The molecule has 1 saturated heterocycles. The van der Waals surface area contributed by atoms with Gasteiger partial charge < -0.3 is 19.7 Å². The molecule has 0 bridgehead atoms. The lowest BCUT2D eigenvalue weighted by Crippen LogP contribution is -2.52. The third kappa shape index (κ3) is 6.48. The zero-order valence-corrected chi connectivity index (χ0v) is 18.7. The molecule has 8 nitrogen and oxygen atoms in total. The third-order valence-corrected chi connectivity index (χ3v) is 5.43. The van der Waals surface area contributed by atoms with E-state index in [0.717, 1.165) is 5.56 Å². The number of hydrogen-bond acceptors (Lipinski definition) is 7. The molecule has 2 atom stereocenters. The number of rotatable bonds is 6. The molecule has 1 heterocycles. The number of hydrogen-bond donors (Lipinski definition) is 1. The normalized spacial score (nSPS) is 17.2. The molecule has 1 N–H and O–H groups in total. The molecular formula is C21H28N2O6S. The van der Waals surface area contributed by atoms with Gasteiger partial charge in [0.1, 0.15) is 17.7 Å². The Morgan fingerprint density at radius 1 is 1.20 bits per heavy atom. The summed E-state index contributed by atoms with van der Waals surface area (Å²) in [6.07, 6.45) is 0.187. The van der Waals surface area contributed by atoms with Crippen LogP contribution in [0.5, 0.6) is 0 Å². The predicted molar refractivity (Wildman–Crippen MR) is 113 cm³/mol. The molecule has 2 amide bonds. The number of carbonyl (C=O) groups excluding carboxylic acids is 4. The van der Waals surface area contributed by atoms with Crippen LogP contribution in [-0.2, 0) is 30.3 Å². The van der Waals surface area contributed by atoms with Crippen LogP contribution in [-0.4, -0.2) is 65.1 Å². The first kappa shape index (κ1) is 23.7. The lowest BCUT2D eigenvalue weighted by molar-refractivity contribution is -0.146. The molecule has 1 aromatic rings. The van der Waals surface area contributed by atoms with E-state index in [-0.39, 0.29) is 12.3 Å². The minimum Gasteiger partial charge on any atom is -0.467 e. The van der Waals surface area contributed by atoms with Crippen molar-refractivity contribution in [2.45, 2.75) is 51.8 Å². The van der Waals surface area contributed by atoms with Gasteiger partial charge in [-0.3, -0.25) is 9.59 Å². The van der Waals surface area contributed by atoms with Crippen molar-refractivity contribution < 1.29 is 28.7 Å². The van der Waals surface area contributed by atoms with Gasteiger partial charge in [-0.05, 0) is 38.5 Å². The minimum atomic E-state index is -0.908. The lowest BCUT2D eigenvalue weighted by Gasteiger charge is -2.24. The molecule has 0 saturated carbocycles. The fourth-order valence-electron chi connectivity index (χ4n) is 2.92. The van der Waals surface area contributed by atoms with E-state index in [2.05, 4.69) is 5.32 Å². The molecule has 1 aliphatic rings. The van der Waals surface area contributed by atoms with E-state index in [1.807, 2.05) is 0 Å². The van der Waals surface area contributed by atoms with Crippen LogP contribution in [0, 0.1) is 0 Å². The topological polar surface area (TPSA) is 102 Å². The number of amides is 2. The summed E-state index contributed by atoms with van der Waals surface area (Å²) >= 11 is 1.48. The van der Waals surface area contributed by atoms with Crippen LogP contribution in [0.1, 0.15) is 43.6 Å². The molecule has 164 valence electrons. The second kappa shape index (κ2) is 9.97. The van der Waals surface area contributed by atoms with Crippen molar-refractivity contribution in [2.75, 3.05) is 18.7 Å². The van der Waals surface area contributed by atoms with E-state index in [1.54, 1.807) is 45.0 Å². The molecule has 1 unspecified atom stereocenters. The Bertz CT molecular complexity index is 803. The van der Waals surface area contributed by atoms with Crippen LogP contribution in [0.25, 0.3) is 0 Å². The summed E-state index contributed by atoms with van der Waals surface area (Å²) in [5, 5.41) is 2.70. The highest BCUT2D eigenvalue weighted by atomic mass is 32.2. The summed E-state index contributed by atoms with van der Waals surface area (Å²) in [4.78, 5) is 50.2. The van der Waals surface area contributed by atoms with Crippen LogP contribution in [0.3, 0.4) is 0 Å². The predicted octanol–water partition coefficient (Wildman–Crippen LogP) is 1.76. The van der Waals surface area contributed by atoms with Crippen molar-refractivity contribution in [3.05, 3.63) is 35.4 Å². The molecule has 1 aliphatic heterocycles. The maximum Gasteiger partial charge on any atom is 0.338 e. The summed E-state index contributed by atoms with van der Waals surface area (Å²) in [6, 6.07) is 5.11. The molecule has 9 heteroatoms. The van der Waals surface area contributed by atoms with Gasteiger partial charge in [0.25, 0.3) is 0 Å². The molecule has 2 rings (SSSR count). The molecule has 1 aromatic carbocycles. The monoisotopic (exact) mass is 436 g/mol. The first-order valence-electron chi connectivity index (χ1n) is 9.57. The highest BCUT2D eigenvalue weighted by Gasteiger charge is 2.35. The second-order valence-corrected chi connectivity index (χ2v) is 8.99. The molecule has 0 spiro atoms. The van der Waals surface area contributed by atoms with Crippen LogP contribution >= 0.6 is 11.8 Å². The Hall–Kier alpha value is -2.55. The van der Waals surface area contributed by atoms with Crippen molar-refractivity contribution in [1.82, 2.24) is 10.2 Å². The first-order chi connectivity index (χ1) is 14.0. The van der Waals surface area contributed by atoms with Gasteiger partial charge in [-0.2, -0.15) is 0 Å². The fraction of sp³-hybridized carbons (Fsp3) is 0.524. The average Bonchev–Trinajstić information content (AvgIpc) is 3.16. The van der Waals surface area contributed by atoms with Gasteiger partial charge in [-0.15, -0.1) is 11.8 Å². The van der Waals surface area contributed by atoms with Crippen molar-refractivity contribution in [1.29, 1.82) is 0 Å². The Morgan fingerprint density at radius 2 is 1.83 bits per heavy atom. The Kier molecular flexibility index (Phi) is 7.89. The van der Waals surface area contributed by atoms with E-state index >= 15 is 0 Å². The third-order valence-electron chi connectivity index (χ3n) is 4.42.